The summed E-state index contributed by atoms with van der Waals surface area (Å²) in [5, 5.41) is 12.8. The monoisotopic (exact) mass is 268 g/mol. The van der Waals surface area contributed by atoms with E-state index in [1.54, 1.807) is 12.1 Å². The Morgan fingerprint density at radius 2 is 2.29 bits per heavy atom. The number of halogens is 1. The van der Waals surface area contributed by atoms with E-state index < -0.39 is 0 Å². The van der Waals surface area contributed by atoms with E-state index in [0.717, 1.165) is 24.3 Å². The third kappa shape index (κ3) is 4.99. The zero-order valence-corrected chi connectivity index (χ0v) is 11.7. The Balaban J connectivity index is 2.49. The minimum Gasteiger partial charge on any atom is -0.310 e. The van der Waals surface area contributed by atoms with Gasteiger partial charge >= 0.3 is 0 Å². The molecule has 0 spiro atoms. The zero-order chi connectivity index (χ0) is 12.7. The quantitative estimate of drug-likeness (QED) is 0.859. The highest BCUT2D eigenvalue weighted by Gasteiger charge is 2.04. The molecule has 0 saturated carbocycles. The summed E-state index contributed by atoms with van der Waals surface area (Å²) >= 11 is 7.96. The van der Waals surface area contributed by atoms with Crippen LogP contribution in [0.15, 0.2) is 18.2 Å². The summed E-state index contributed by atoms with van der Waals surface area (Å²) in [6.45, 7) is 2.92. The lowest BCUT2D eigenvalue weighted by atomic mass is 10.1. The van der Waals surface area contributed by atoms with Crippen LogP contribution in [0.3, 0.4) is 0 Å². The molecule has 1 N–H and O–H groups in total. The molecule has 1 atom stereocenters. The Morgan fingerprint density at radius 1 is 1.53 bits per heavy atom. The molecule has 0 aliphatic heterocycles. The molecular formula is C13H17ClN2S. The molecule has 0 aliphatic rings. The van der Waals surface area contributed by atoms with Crippen LogP contribution in [0.25, 0.3) is 0 Å². The fourth-order valence-electron chi connectivity index (χ4n) is 1.44. The van der Waals surface area contributed by atoms with Gasteiger partial charge in [0.15, 0.2) is 0 Å². The Bertz CT molecular complexity index is 401. The van der Waals surface area contributed by atoms with Crippen molar-refractivity contribution in [3.05, 3.63) is 34.3 Å². The molecular weight excluding hydrogens is 252 g/mol. The second kappa shape index (κ2) is 7.60. The van der Waals surface area contributed by atoms with E-state index in [0.29, 0.717) is 16.6 Å². The van der Waals surface area contributed by atoms with E-state index in [4.69, 9.17) is 16.9 Å². The number of thioether (sulfide) groups is 1. The lowest BCUT2D eigenvalue weighted by Crippen LogP contribution is -2.26. The van der Waals surface area contributed by atoms with Gasteiger partial charge in [0.05, 0.1) is 11.6 Å². The van der Waals surface area contributed by atoms with Crippen molar-refractivity contribution in [2.24, 2.45) is 0 Å². The average Bonchev–Trinajstić information content (AvgIpc) is 2.34. The van der Waals surface area contributed by atoms with Gasteiger partial charge in [-0.05, 0) is 43.0 Å². The van der Waals surface area contributed by atoms with Crippen molar-refractivity contribution in [3.63, 3.8) is 0 Å². The molecule has 0 aromatic heterocycles. The van der Waals surface area contributed by atoms with Gasteiger partial charge in [-0.2, -0.15) is 17.0 Å². The van der Waals surface area contributed by atoms with Gasteiger partial charge in [-0.25, -0.2) is 0 Å². The molecule has 0 saturated heterocycles. The number of hydrogen-bond acceptors (Lipinski definition) is 3. The minimum atomic E-state index is 0.481. The Morgan fingerprint density at radius 3 is 2.88 bits per heavy atom. The molecule has 2 nitrogen and oxygen atoms in total. The molecule has 1 unspecified atom stereocenters. The number of hydrogen-bond donors (Lipinski definition) is 1. The maximum absolute atomic E-state index is 8.74. The first-order chi connectivity index (χ1) is 8.17. The third-order valence-corrected chi connectivity index (χ3v) is 3.57. The van der Waals surface area contributed by atoms with E-state index in [1.165, 1.54) is 0 Å². The van der Waals surface area contributed by atoms with Crippen LogP contribution < -0.4 is 5.32 Å². The summed E-state index contributed by atoms with van der Waals surface area (Å²) < 4.78 is 0. The van der Waals surface area contributed by atoms with Gasteiger partial charge in [0.25, 0.3) is 0 Å². The molecule has 1 rings (SSSR count). The van der Waals surface area contributed by atoms with E-state index in [9.17, 15) is 0 Å². The summed E-state index contributed by atoms with van der Waals surface area (Å²) in [6.07, 6.45) is 3.26. The van der Waals surface area contributed by atoms with Crippen LogP contribution in [0.4, 0.5) is 0 Å². The highest BCUT2D eigenvalue weighted by Crippen LogP contribution is 2.17. The predicted molar refractivity (Wildman–Crippen MR) is 75.5 cm³/mol. The average molecular weight is 269 g/mol. The smallest absolute Gasteiger partial charge is 0.0992 e. The maximum atomic E-state index is 8.74. The first-order valence-corrected chi connectivity index (χ1v) is 7.35. The lowest BCUT2D eigenvalue weighted by molar-refractivity contribution is 0.537. The lowest BCUT2D eigenvalue weighted by Gasteiger charge is -2.13. The van der Waals surface area contributed by atoms with E-state index in [2.05, 4.69) is 24.6 Å². The highest BCUT2D eigenvalue weighted by molar-refractivity contribution is 7.98. The minimum absolute atomic E-state index is 0.481. The second-order valence-corrected chi connectivity index (χ2v) is 5.37. The molecule has 0 bridgehead atoms. The van der Waals surface area contributed by atoms with Crippen LogP contribution in [0, 0.1) is 11.3 Å². The van der Waals surface area contributed by atoms with Crippen molar-refractivity contribution in [3.8, 4) is 6.07 Å². The number of rotatable bonds is 6. The molecule has 0 heterocycles. The van der Waals surface area contributed by atoms with Crippen LogP contribution >= 0.6 is 23.4 Å². The Labute approximate surface area is 112 Å². The molecule has 0 fully saturated rings. The standard InChI is InChI=1S/C13H17ClN2S/c1-10(5-6-17-2)16-9-12-4-3-11(8-15)7-13(12)14/h3-4,7,10,16H,5-6,9H2,1-2H3. The van der Waals surface area contributed by atoms with Gasteiger partial charge in [-0.15, -0.1) is 0 Å². The summed E-state index contributed by atoms with van der Waals surface area (Å²) in [4.78, 5) is 0. The summed E-state index contributed by atoms with van der Waals surface area (Å²) in [6, 6.07) is 7.99. The van der Waals surface area contributed by atoms with E-state index in [-0.39, 0.29) is 0 Å². The first kappa shape index (κ1) is 14.4. The van der Waals surface area contributed by atoms with Crippen molar-refractivity contribution in [1.29, 1.82) is 5.26 Å². The van der Waals surface area contributed by atoms with Crippen LogP contribution in [-0.4, -0.2) is 18.1 Å². The first-order valence-electron chi connectivity index (χ1n) is 5.58. The fraction of sp³-hybridized carbons (Fsp3) is 0.462. The number of nitrogens with zero attached hydrogens (tertiary/aromatic N) is 1. The maximum Gasteiger partial charge on any atom is 0.0992 e. The predicted octanol–water partition coefficient (Wildman–Crippen LogP) is 3.44. The largest absolute Gasteiger partial charge is 0.310 e. The Kier molecular flexibility index (Phi) is 6.43. The van der Waals surface area contributed by atoms with Crippen LogP contribution in [0.2, 0.25) is 5.02 Å². The highest BCUT2D eigenvalue weighted by atomic mass is 35.5. The van der Waals surface area contributed by atoms with Gasteiger partial charge in [0, 0.05) is 17.6 Å². The summed E-state index contributed by atoms with van der Waals surface area (Å²) in [5.74, 6) is 1.16. The molecule has 92 valence electrons. The van der Waals surface area contributed by atoms with Gasteiger partial charge in [0.2, 0.25) is 0 Å². The topological polar surface area (TPSA) is 35.8 Å². The number of nitriles is 1. The van der Waals surface area contributed by atoms with Gasteiger partial charge in [-0.1, -0.05) is 17.7 Å². The number of nitrogens with one attached hydrogen (secondary N) is 1. The van der Waals surface area contributed by atoms with Crippen molar-refractivity contribution in [2.75, 3.05) is 12.0 Å². The van der Waals surface area contributed by atoms with Crippen molar-refractivity contribution >= 4 is 23.4 Å². The molecule has 0 amide bonds. The summed E-state index contributed by atoms with van der Waals surface area (Å²) in [5.41, 5.74) is 1.65. The van der Waals surface area contributed by atoms with Crippen molar-refractivity contribution in [2.45, 2.75) is 25.9 Å². The SMILES string of the molecule is CSCCC(C)NCc1ccc(C#N)cc1Cl. The van der Waals surface area contributed by atoms with Gasteiger partial charge < -0.3 is 5.32 Å². The van der Waals surface area contributed by atoms with Crippen LogP contribution in [-0.2, 0) is 6.54 Å². The van der Waals surface area contributed by atoms with Crippen molar-refractivity contribution in [1.82, 2.24) is 5.32 Å². The van der Waals surface area contributed by atoms with E-state index in [1.807, 2.05) is 17.8 Å². The van der Waals surface area contributed by atoms with Crippen LogP contribution in [0.1, 0.15) is 24.5 Å². The molecule has 4 heteroatoms. The molecule has 17 heavy (non-hydrogen) atoms. The molecule has 1 aromatic carbocycles. The normalized spacial score (nSPS) is 12.1. The van der Waals surface area contributed by atoms with Crippen molar-refractivity contribution < 1.29 is 0 Å². The van der Waals surface area contributed by atoms with Gasteiger partial charge in [0.1, 0.15) is 0 Å². The molecule has 0 aliphatic carbocycles. The molecule has 1 aromatic rings. The van der Waals surface area contributed by atoms with Gasteiger partial charge in [-0.3, -0.25) is 0 Å². The second-order valence-electron chi connectivity index (χ2n) is 3.98. The fourth-order valence-corrected chi connectivity index (χ4v) is 2.28. The summed E-state index contributed by atoms with van der Waals surface area (Å²) in [7, 11) is 0. The number of benzene rings is 1. The Hall–Kier alpha value is -0.690. The third-order valence-electron chi connectivity index (χ3n) is 2.58. The van der Waals surface area contributed by atoms with E-state index >= 15 is 0 Å². The van der Waals surface area contributed by atoms with Crippen LogP contribution in [0.5, 0.6) is 0 Å². The molecule has 0 radical (unpaired) electrons. The zero-order valence-electron chi connectivity index (χ0n) is 10.2.